The average molecular weight is 245 g/mol. The first-order valence-corrected chi connectivity index (χ1v) is 6.60. The second-order valence-electron chi connectivity index (χ2n) is 5.16. The molecule has 0 spiro atoms. The molecule has 3 heterocycles. The molecule has 2 aliphatic rings. The number of tetrazole rings is 1. The SMILES string of the molecule is C1CCn2nnnc2C(c2nc(C3CC3)n[nH]2)C1. The highest BCUT2D eigenvalue weighted by Crippen LogP contribution is 2.38. The zero-order valence-electron chi connectivity index (χ0n) is 10.1. The number of fused-ring (bicyclic) bond motifs is 1. The Morgan fingerprint density at radius 1 is 1.17 bits per heavy atom. The molecular weight excluding hydrogens is 230 g/mol. The van der Waals surface area contributed by atoms with Crippen LogP contribution in [0.4, 0.5) is 0 Å². The number of hydrogen-bond donors (Lipinski definition) is 1. The van der Waals surface area contributed by atoms with Crippen LogP contribution in [0.1, 0.15) is 61.4 Å². The summed E-state index contributed by atoms with van der Waals surface area (Å²) in [5, 5.41) is 19.4. The van der Waals surface area contributed by atoms with E-state index in [1.165, 1.54) is 12.8 Å². The van der Waals surface area contributed by atoms with Crippen molar-refractivity contribution in [3.8, 4) is 0 Å². The third-order valence-electron chi connectivity index (χ3n) is 3.78. The fraction of sp³-hybridized carbons (Fsp3) is 0.727. The van der Waals surface area contributed by atoms with Gasteiger partial charge in [-0.2, -0.15) is 5.10 Å². The topological polar surface area (TPSA) is 85.2 Å². The molecule has 0 radical (unpaired) electrons. The van der Waals surface area contributed by atoms with Crippen molar-refractivity contribution in [1.82, 2.24) is 35.4 Å². The van der Waals surface area contributed by atoms with Gasteiger partial charge in [-0.05, 0) is 36.1 Å². The molecule has 1 saturated carbocycles. The van der Waals surface area contributed by atoms with Crippen molar-refractivity contribution in [1.29, 1.82) is 0 Å². The quantitative estimate of drug-likeness (QED) is 0.852. The lowest BCUT2D eigenvalue weighted by molar-refractivity contribution is 0.556. The Hall–Kier alpha value is -1.79. The van der Waals surface area contributed by atoms with Gasteiger partial charge in [0.2, 0.25) is 0 Å². The standard InChI is InChI=1S/C11H15N7/c1-2-6-18-11(15-16-17-18)8(3-1)10-12-9(13-14-10)7-4-5-7/h7-8H,1-6H2,(H,12,13,14). The van der Waals surface area contributed by atoms with E-state index in [1.807, 2.05) is 4.68 Å². The van der Waals surface area contributed by atoms with E-state index in [1.54, 1.807) is 0 Å². The molecule has 1 aliphatic heterocycles. The number of rotatable bonds is 2. The van der Waals surface area contributed by atoms with Crippen LogP contribution in [0.2, 0.25) is 0 Å². The van der Waals surface area contributed by atoms with Crippen molar-refractivity contribution in [2.24, 2.45) is 0 Å². The summed E-state index contributed by atoms with van der Waals surface area (Å²) in [6.07, 6.45) is 5.77. The van der Waals surface area contributed by atoms with Crippen molar-refractivity contribution >= 4 is 0 Å². The van der Waals surface area contributed by atoms with Crippen molar-refractivity contribution in [3.63, 3.8) is 0 Å². The molecule has 0 bridgehead atoms. The highest BCUT2D eigenvalue weighted by Gasteiger charge is 2.31. The summed E-state index contributed by atoms with van der Waals surface area (Å²) in [4.78, 5) is 4.64. The molecule has 4 rings (SSSR count). The number of aromatic nitrogens is 7. The molecule has 7 heteroatoms. The zero-order chi connectivity index (χ0) is 11.9. The molecule has 18 heavy (non-hydrogen) atoms. The third kappa shape index (κ3) is 1.61. The first-order chi connectivity index (χ1) is 8.92. The fourth-order valence-corrected chi connectivity index (χ4v) is 2.59. The van der Waals surface area contributed by atoms with Crippen LogP contribution in [0.15, 0.2) is 0 Å². The molecule has 2 aromatic rings. The monoisotopic (exact) mass is 245 g/mol. The van der Waals surface area contributed by atoms with Gasteiger partial charge in [0, 0.05) is 12.5 Å². The molecule has 0 amide bonds. The van der Waals surface area contributed by atoms with E-state index in [-0.39, 0.29) is 5.92 Å². The number of H-pyrrole nitrogens is 1. The van der Waals surface area contributed by atoms with Crippen molar-refractivity contribution in [3.05, 3.63) is 17.5 Å². The zero-order valence-corrected chi connectivity index (χ0v) is 10.1. The number of nitrogens with one attached hydrogen (secondary N) is 1. The van der Waals surface area contributed by atoms with E-state index in [0.29, 0.717) is 5.92 Å². The normalized spacial score (nSPS) is 23.7. The van der Waals surface area contributed by atoms with Crippen LogP contribution < -0.4 is 0 Å². The van der Waals surface area contributed by atoms with Gasteiger partial charge in [-0.25, -0.2) is 9.67 Å². The van der Waals surface area contributed by atoms with Gasteiger partial charge >= 0.3 is 0 Å². The van der Waals surface area contributed by atoms with Gasteiger partial charge in [0.15, 0.2) is 11.6 Å². The number of aromatic amines is 1. The summed E-state index contributed by atoms with van der Waals surface area (Å²) in [5.41, 5.74) is 0. The Morgan fingerprint density at radius 3 is 3.00 bits per heavy atom. The van der Waals surface area contributed by atoms with E-state index in [2.05, 4.69) is 30.7 Å². The summed E-state index contributed by atoms with van der Waals surface area (Å²) in [6.45, 7) is 0.905. The summed E-state index contributed by atoms with van der Waals surface area (Å²) in [7, 11) is 0. The van der Waals surface area contributed by atoms with Gasteiger partial charge in [0.05, 0.1) is 5.92 Å². The molecule has 1 N–H and O–H groups in total. The van der Waals surface area contributed by atoms with Crippen LogP contribution in [0, 0.1) is 0 Å². The molecule has 1 atom stereocenters. The first kappa shape index (κ1) is 10.2. The van der Waals surface area contributed by atoms with E-state index in [0.717, 1.165) is 43.3 Å². The predicted octanol–water partition coefficient (Wildman–Crippen LogP) is 0.984. The maximum Gasteiger partial charge on any atom is 0.161 e. The molecule has 1 unspecified atom stereocenters. The molecule has 0 saturated heterocycles. The molecule has 0 aromatic carbocycles. The lowest BCUT2D eigenvalue weighted by Crippen LogP contribution is -2.10. The van der Waals surface area contributed by atoms with Crippen LogP contribution in [0.3, 0.4) is 0 Å². The molecule has 1 fully saturated rings. The lowest BCUT2D eigenvalue weighted by atomic mass is 10.0. The van der Waals surface area contributed by atoms with Crippen LogP contribution in [0.25, 0.3) is 0 Å². The minimum atomic E-state index is 0.169. The van der Waals surface area contributed by atoms with E-state index in [4.69, 9.17) is 0 Å². The van der Waals surface area contributed by atoms with Gasteiger partial charge in [-0.15, -0.1) is 5.10 Å². The van der Waals surface area contributed by atoms with E-state index >= 15 is 0 Å². The number of nitrogens with zero attached hydrogens (tertiary/aromatic N) is 6. The van der Waals surface area contributed by atoms with Crippen LogP contribution in [0.5, 0.6) is 0 Å². The van der Waals surface area contributed by atoms with Crippen LogP contribution in [-0.2, 0) is 6.54 Å². The third-order valence-corrected chi connectivity index (χ3v) is 3.78. The Labute approximate surface area is 104 Å². The molecule has 1 aliphatic carbocycles. The fourth-order valence-electron chi connectivity index (χ4n) is 2.59. The minimum Gasteiger partial charge on any atom is -0.262 e. The first-order valence-electron chi connectivity index (χ1n) is 6.60. The van der Waals surface area contributed by atoms with Crippen LogP contribution in [-0.4, -0.2) is 35.4 Å². The van der Waals surface area contributed by atoms with Crippen LogP contribution >= 0.6 is 0 Å². The van der Waals surface area contributed by atoms with Gasteiger partial charge < -0.3 is 0 Å². The second kappa shape index (κ2) is 3.86. The Bertz CT molecular complexity index is 553. The smallest absolute Gasteiger partial charge is 0.161 e. The Kier molecular flexibility index (Phi) is 2.18. The number of aryl methyl sites for hydroxylation is 1. The van der Waals surface area contributed by atoms with Gasteiger partial charge in [0.25, 0.3) is 0 Å². The summed E-state index contributed by atoms with van der Waals surface area (Å²) in [6, 6.07) is 0. The highest BCUT2D eigenvalue weighted by molar-refractivity contribution is 5.14. The summed E-state index contributed by atoms with van der Waals surface area (Å²) in [5.74, 6) is 3.56. The van der Waals surface area contributed by atoms with Crippen molar-refractivity contribution in [2.45, 2.75) is 50.5 Å². The molecule has 2 aromatic heterocycles. The average Bonchev–Trinajstić information content (AvgIpc) is 3.02. The summed E-state index contributed by atoms with van der Waals surface area (Å²) < 4.78 is 1.90. The summed E-state index contributed by atoms with van der Waals surface area (Å²) >= 11 is 0. The Balaban J connectivity index is 1.70. The van der Waals surface area contributed by atoms with E-state index in [9.17, 15) is 0 Å². The molecular formula is C11H15N7. The van der Waals surface area contributed by atoms with E-state index < -0.39 is 0 Å². The van der Waals surface area contributed by atoms with Crippen molar-refractivity contribution in [2.75, 3.05) is 0 Å². The van der Waals surface area contributed by atoms with Gasteiger partial charge in [-0.1, -0.05) is 6.42 Å². The maximum atomic E-state index is 4.64. The lowest BCUT2D eigenvalue weighted by Gasteiger charge is -2.08. The van der Waals surface area contributed by atoms with Gasteiger partial charge in [-0.3, -0.25) is 5.10 Å². The molecule has 94 valence electrons. The maximum absolute atomic E-state index is 4.64. The Morgan fingerprint density at radius 2 is 2.11 bits per heavy atom. The van der Waals surface area contributed by atoms with Crippen molar-refractivity contribution < 1.29 is 0 Å². The number of hydrogen-bond acceptors (Lipinski definition) is 5. The largest absolute Gasteiger partial charge is 0.262 e. The van der Waals surface area contributed by atoms with Gasteiger partial charge in [0.1, 0.15) is 5.82 Å². The highest BCUT2D eigenvalue weighted by atomic mass is 15.5. The molecule has 7 nitrogen and oxygen atoms in total. The predicted molar refractivity (Wildman–Crippen MR) is 61.9 cm³/mol. The minimum absolute atomic E-state index is 0.169. The second-order valence-corrected chi connectivity index (χ2v) is 5.16.